The van der Waals surface area contributed by atoms with E-state index in [9.17, 15) is 24.4 Å². The lowest BCUT2D eigenvalue weighted by Gasteiger charge is -2.13. The first kappa shape index (κ1) is 26.4. The average Bonchev–Trinajstić information content (AvgIpc) is 3.51. The summed E-state index contributed by atoms with van der Waals surface area (Å²) in [5, 5.41) is 28.2. The van der Waals surface area contributed by atoms with Crippen LogP contribution >= 0.6 is 0 Å². The minimum atomic E-state index is -1.05. The Kier molecular flexibility index (Phi) is 7.62. The van der Waals surface area contributed by atoms with E-state index in [0.717, 1.165) is 17.2 Å². The summed E-state index contributed by atoms with van der Waals surface area (Å²) >= 11 is 0. The Bertz CT molecular complexity index is 1380. The van der Waals surface area contributed by atoms with Crippen molar-refractivity contribution in [2.24, 2.45) is 0 Å². The third-order valence-corrected chi connectivity index (χ3v) is 6.55. The Morgan fingerprint density at radius 3 is 1.74 bits per heavy atom. The first-order valence-corrected chi connectivity index (χ1v) is 12.3. The van der Waals surface area contributed by atoms with Gasteiger partial charge in [0, 0.05) is 29.9 Å². The average molecular weight is 525 g/mol. The second-order valence-corrected chi connectivity index (χ2v) is 9.25. The number of rotatable bonds is 8. The van der Waals surface area contributed by atoms with E-state index < -0.39 is 20.1 Å². The van der Waals surface area contributed by atoms with E-state index >= 15 is 0 Å². The van der Waals surface area contributed by atoms with E-state index in [1.54, 1.807) is 48.5 Å². The molecule has 39 heavy (non-hydrogen) atoms. The first-order chi connectivity index (χ1) is 18.8. The van der Waals surface area contributed by atoms with Crippen molar-refractivity contribution < 1.29 is 33.7 Å². The van der Waals surface area contributed by atoms with Crippen molar-refractivity contribution in [1.29, 1.82) is 0 Å². The molecule has 2 aliphatic heterocycles. The zero-order valence-corrected chi connectivity index (χ0v) is 20.9. The molecule has 0 aliphatic carbocycles. The summed E-state index contributed by atoms with van der Waals surface area (Å²) in [5.74, 6) is -1.07. The van der Waals surface area contributed by atoms with Crippen molar-refractivity contribution in [2.45, 2.75) is 26.3 Å². The van der Waals surface area contributed by atoms with Gasteiger partial charge in [0.1, 0.15) is 0 Å². The predicted octanol–water partition coefficient (Wildman–Crippen LogP) is 0.107. The Morgan fingerprint density at radius 2 is 1.28 bits per heavy atom. The molecule has 0 fully saturated rings. The van der Waals surface area contributed by atoms with Crippen molar-refractivity contribution in [3.8, 4) is 0 Å². The normalized spacial score (nSPS) is 13.5. The summed E-state index contributed by atoms with van der Waals surface area (Å²) in [6.45, 7) is 4.36. The van der Waals surface area contributed by atoms with Crippen molar-refractivity contribution in [3.05, 3.63) is 101 Å². The van der Waals surface area contributed by atoms with Crippen LogP contribution in [0, 0.1) is 0 Å². The Labute approximate surface area is 225 Å². The van der Waals surface area contributed by atoms with Gasteiger partial charge in [-0.1, -0.05) is 24.8 Å². The molecule has 5 rings (SSSR count). The highest BCUT2D eigenvalue weighted by atomic mass is 16.5. The monoisotopic (exact) mass is 525 g/mol. The third kappa shape index (κ3) is 5.94. The van der Waals surface area contributed by atoms with Gasteiger partial charge in [-0.3, -0.25) is 14.4 Å². The predicted molar refractivity (Wildman–Crippen MR) is 145 cm³/mol. The molecule has 0 spiro atoms. The molecule has 0 unspecified atom stereocenters. The van der Waals surface area contributed by atoms with Crippen LogP contribution in [0.15, 0.2) is 67.3 Å². The van der Waals surface area contributed by atoms with Crippen LogP contribution in [-0.2, 0) is 40.4 Å². The summed E-state index contributed by atoms with van der Waals surface area (Å²) in [4.78, 5) is 37.5. The fraction of sp³-hybridized carbons (Fsp3) is 0.148. The highest BCUT2D eigenvalue weighted by Gasteiger charge is 2.29. The van der Waals surface area contributed by atoms with Gasteiger partial charge in [-0.2, -0.15) is 0 Å². The zero-order chi connectivity index (χ0) is 27.5. The fourth-order valence-electron chi connectivity index (χ4n) is 4.51. The van der Waals surface area contributed by atoms with Gasteiger partial charge in [0.2, 0.25) is 5.91 Å². The molecule has 0 saturated heterocycles. The van der Waals surface area contributed by atoms with Crippen LogP contribution in [0.2, 0.25) is 0 Å². The lowest BCUT2D eigenvalue weighted by molar-refractivity contribution is -0.111. The van der Waals surface area contributed by atoms with Crippen molar-refractivity contribution in [3.63, 3.8) is 0 Å². The molecule has 3 aromatic rings. The second kappa shape index (κ2) is 11.3. The number of carbonyl (C=O) groups excluding carboxylic acids is 3. The summed E-state index contributed by atoms with van der Waals surface area (Å²) in [5.41, 5.74) is 5.43. The Hall–Kier alpha value is -4.22. The molecule has 12 heteroatoms. The summed E-state index contributed by atoms with van der Waals surface area (Å²) in [6.07, 6.45) is 1.15. The van der Waals surface area contributed by atoms with E-state index in [0.29, 0.717) is 52.1 Å². The molecule has 5 N–H and O–H groups in total. The van der Waals surface area contributed by atoms with Crippen LogP contribution in [0.1, 0.15) is 43.0 Å². The molecular weight excluding hydrogens is 500 g/mol. The lowest BCUT2D eigenvalue weighted by atomic mass is 9.79. The van der Waals surface area contributed by atoms with Crippen LogP contribution in [0.5, 0.6) is 0 Å². The number of anilines is 1. The number of hydrogen-bond acceptors (Lipinski definition) is 7. The van der Waals surface area contributed by atoms with Gasteiger partial charge in [0.05, 0.1) is 13.2 Å². The molecule has 3 aromatic carbocycles. The van der Waals surface area contributed by atoms with Crippen LogP contribution in [0.3, 0.4) is 0 Å². The maximum Gasteiger partial charge on any atom is 0.491 e. The van der Waals surface area contributed by atoms with Gasteiger partial charge in [0.25, 0.3) is 11.8 Å². The van der Waals surface area contributed by atoms with E-state index in [-0.39, 0.29) is 24.9 Å². The number of nitrogens with one attached hydrogen (secondary N) is 3. The van der Waals surface area contributed by atoms with Crippen molar-refractivity contribution >= 4 is 48.6 Å². The summed E-state index contributed by atoms with van der Waals surface area (Å²) in [6, 6.07) is 15.3. The highest BCUT2D eigenvalue weighted by Crippen LogP contribution is 2.17. The molecule has 0 aromatic heterocycles. The summed E-state index contributed by atoms with van der Waals surface area (Å²) < 4.78 is 10.4. The van der Waals surface area contributed by atoms with Gasteiger partial charge in [0.15, 0.2) is 0 Å². The number of carbonyl (C=O) groups is 3. The topological polar surface area (TPSA) is 146 Å². The largest absolute Gasteiger partial charge is 0.491 e. The van der Waals surface area contributed by atoms with Gasteiger partial charge < -0.3 is 35.3 Å². The number of benzene rings is 3. The van der Waals surface area contributed by atoms with Crippen molar-refractivity contribution in [1.82, 2.24) is 10.6 Å². The molecule has 3 amide bonds. The van der Waals surface area contributed by atoms with Gasteiger partial charge in [-0.15, -0.1) is 0 Å². The molecule has 2 aliphatic rings. The van der Waals surface area contributed by atoms with Crippen molar-refractivity contribution in [2.75, 3.05) is 5.32 Å². The molecular formula is C27H25B2N3O7. The van der Waals surface area contributed by atoms with Crippen LogP contribution in [0.4, 0.5) is 5.69 Å². The molecule has 196 valence electrons. The van der Waals surface area contributed by atoms with E-state index in [1.165, 1.54) is 0 Å². The molecule has 0 saturated carbocycles. The van der Waals surface area contributed by atoms with Crippen LogP contribution < -0.4 is 26.9 Å². The first-order valence-electron chi connectivity index (χ1n) is 12.3. The van der Waals surface area contributed by atoms with E-state index in [4.69, 9.17) is 9.31 Å². The van der Waals surface area contributed by atoms with Gasteiger partial charge in [-0.05, 0) is 75.7 Å². The van der Waals surface area contributed by atoms with Crippen LogP contribution in [0.25, 0.3) is 0 Å². The van der Waals surface area contributed by atoms with E-state index in [2.05, 4.69) is 22.5 Å². The molecule has 0 radical (unpaired) electrons. The minimum Gasteiger partial charge on any atom is -0.423 e. The fourth-order valence-corrected chi connectivity index (χ4v) is 4.51. The Morgan fingerprint density at radius 1 is 0.795 bits per heavy atom. The third-order valence-electron chi connectivity index (χ3n) is 6.55. The quantitative estimate of drug-likeness (QED) is 0.207. The minimum absolute atomic E-state index is 0.149. The maximum atomic E-state index is 12.8. The molecule has 0 atom stereocenters. The molecule has 2 heterocycles. The zero-order valence-electron chi connectivity index (χ0n) is 20.9. The number of fused-ring (bicyclic) bond motifs is 2. The Balaban J connectivity index is 1.28. The molecule has 10 nitrogen and oxygen atoms in total. The number of amides is 3. The second-order valence-electron chi connectivity index (χ2n) is 9.25. The van der Waals surface area contributed by atoms with E-state index in [1.807, 2.05) is 6.07 Å². The van der Waals surface area contributed by atoms with Gasteiger partial charge >= 0.3 is 14.2 Å². The summed E-state index contributed by atoms with van der Waals surface area (Å²) in [7, 11) is -2.10. The highest BCUT2D eigenvalue weighted by molar-refractivity contribution is 6.62. The SMILES string of the molecule is C=CC(=O)Nc1cc(CNC(=O)c2ccc3c(c2)B(O)OC3)cc(CNC(=O)c2ccc3c(c2)B(O)OC3)c1. The standard InChI is InChI=1S/C27H25B2N3O7/c1-2-25(33)32-22-8-16(12-30-26(34)18-3-5-20-14-38-28(36)23(20)10-18)7-17(9-22)13-31-27(35)19-4-6-21-15-39-29(37)24(21)11-19/h2-11,36-37H,1,12-15H2,(H,30,34)(H,31,35)(H,32,33). The smallest absolute Gasteiger partial charge is 0.423 e. The number of hydrogen-bond donors (Lipinski definition) is 5. The maximum absolute atomic E-state index is 12.8. The van der Waals surface area contributed by atoms with Gasteiger partial charge in [-0.25, -0.2) is 0 Å². The van der Waals surface area contributed by atoms with Crippen LogP contribution in [-0.4, -0.2) is 42.0 Å². The lowest BCUT2D eigenvalue weighted by Crippen LogP contribution is -2.30. The molecule has 0 bridgehead atoms.